The Balaban J connectivity index is 1.84. The summed E-state index contributed by atoms with van der Waals surface area (Å²) in [6.07, 6.45) is 7.11. The molecule has 0 saturated heterocycles. The van der Waals surface area contributed by atoms with Crippen LogP contribution in [0, 0.1) is 0 Å². The molecule has 1 aromatic carbocycles. The van der Waals surface area contributed by atoms with Crippen molar-refractivity contribution in [3.05, 3.63) is 24.3 Å². The molecule has 1 amide bonds. The average Bonchev–Trinajstić information content (AvgIpc) is 2.53. The van der Waals surface area contributed by atoms with Gasteiger partial charge < -0.3 is 15.4 Å². The predicted molar refractivity (Wildman–Crippen MR) is 89.2 cm³/mol. The maximum atomic E-state index is 12.1. The van der Waals surface area contributed by atoms with E-state index in [4.69, 9.17) is 4.74 Å². The minimum atomic E-state index is -0.0232. The first kappa shape index (κ1) is 16.2. The van der Waals surface area contributed by atoms with E-state index in [2.05, 4.69) is 16.9 Å². The summed E-state index contributed by atoms with van der Waals surface area (Å²) in [4.78, 5) is 12.1. The van der Waals surface area contributed by atoms with E-state index in [-0.39, 0.29) is 5.91 Å². The van der Waals surface area contributed by atoms with Crippen molar-refractivity contribution in [1.82, 2.24) is 5.32 Å². The minimum absolute atomic E-state index is 0.0232. The Morgan fingerprint density at radius 1 is 1.33 bits per heavy atom. The smallest absolute Gasteiger partial charge is 0.238 e. The molecule has 0 spiro atoms. The highest BCUT2D eigenvalue weighted by Gasteiger charge is 2.24. The quantitative estimate of drug-likeness (QED) is 0.848. The van der Waals surface area contributed by atoms with Gasteiger partial charge in [-0.3, -0.25) is 4.79 Å². The molecule has 0 bridgehead atoms. The summed E-state index contributed by atoms with van der Waals surface area (Å²) in [5.74, 6) is 0.662. The zero-order chi connectivity index (χ0) is 15.1. The van der Waals surface area contributed by atoms with E-state index in [1.165, 1.54) is 19.3 Å². The van der Waals surface area contributed by atoms with Crippen LogP contribution < -0.4 is 15.4 Å². The second-order valence-electron chi connectivity index (χ2n) is 5.29. The lowest BCUT2D eigenvalue weighted by Gasteiger charge is -2.30. The molecule has 0 heterocycles. The third-order valence-corrected chi connectivity index (χ3v) is 5.08. The molecule has 2 N–H and O–H groups in total. The first-order valence-electron chi connectivity index (χ1n) is 7.43. The lowest BCUT2D eigenvalue weighted by molar-refractivity contribution is -0.115. The largest absolute Gasteiger partial charge is 0.495 e. The van der Waals surface area contributed by atoms with E-state index in [1.807, 2.05) is 36.0 Å². The summed E-state index contributed by atoms with van der Waals surface area (Å²) in [7, 11) is 1.61. The summed E-state index contributed by atoms with van der Waals surface area (Å²) in [5, 5.41) is 6.93. The Morgan fingerprint density at radius 2 is 2.10 bits per heavy atom. The fraction of sp³-hybridized carbons (Fsp3) is 0.562. The number of benzene rings is 1. The monoisotopic (exact) mass is 308 g/mol. The number of amides is 1. The number of thioether (sulfide) groups is 1. The van der Waals surface area contributed by atoms with Crippen LogP contribution in [0.1, 0.15) is 25.7 Å². The minimum Gasteiger partial charge on any atom is -0.495 e. The number of rotatable bonds is 6. The lowest BCUT2D eigenvalue weighted by Crippen LogP contribution is -2.43. The van der Waals surface area contributed by atoms with E-state index in [0.717, 1.165) is 12.1 Å². The molecule has 2 unspecified atom stereocenters. The zero-order valence-electron chi connectivity index (χ0n) is 12.7. The second kappa shape index (κ2) is 8.29. The molecule has 1 saturated carbocycles. The number of hydrogen-bond acceptors (Lipinski definition) is 4. The summed E-state index contributed by atoms with van der Waals surface area (Å²) in [6, 6.07) is 7.90. The van der Waals surface area contributed by atoms with Gasteiger partial charge in [0.1, 0.15) is 5.75 Å². The second-order valence-corrected chi connectivity index (χ2v) is 6.37. The number of para-hydroxylation sites is 2. The van der Waals surface area contributed by atoms with Crippen LogP contribution in [0.5, 0.6) is 5.75 Å². The van der Waals surface area contributed by atoms with Crippen LogP contribution in [0.2, 0.25) is 0 Å². The van der Waals surface area contributed by atoms with Gasteiger partial charge in [-0.15, -0.1) is 0 Å². The number of anilines is 1. The van der Waals surface area contributed by atoms with Crippen LogP contribution >= 0.6 is 11.8 Å². The summed E-state index contributed by atoms with van der Waals surface area (Å²) in [5.41, 5.74) is 0.719. The summed E-state index contributed by atoms with van der Waals surface area (Å²) < 4.78 is 5.24. The summed E-state index contributed by atoms with van der Waals surface area (Å²) >= 11 is 1.90. The van der Waals surface area contributed by atoms with Gasteiger partial charge in [-0.05, 0) is 31.2 Å². The average molecular weight is 308 g/mol. The molecule has 0 radical (unpaired) electrons. The van der Waals surface area contributed by atoms with Crippen molar-refractivity contribution in [1.29, 1.82) is 0 Å². The van der Waals surface area contributed by atoms with Crippen LogP contribution in [0.25, 0.3) is 0 Å². The number of methoxy groups -OCH3 is 1. The van der Waals surface area contributed by atoms with E-state index < -0.39 is 0 Å². The van der Waals surface area contributed by atoms with Crippen LogP contribution in [-0.4, -0.2) is 37.1 Å². The topological polar surface area (TPSA) is 50.4 Å². The molecule has 116 valence electrons. The van der Waals surface area contributed by atoms with Crippen molar-refractivity contribution in [2.45, 2.75) is 37.0 Å². The molecule has 0 aliphatic heterocycles. The zero-order valence-corrected chi connectivity index (χ0v) is 13.5. The van der Waals surface area contributed by atoms with Crippen LogP contribution in [0.3, 0.4) is 0 Å². The van der Waals surface area contributed by atoms with Crippen molar-refractivity contribution in [3.63, 3.8) is 0 Å². The first-order valence-corrected chi connectivity index (χ1v) is 8.72. The Kier molecular flexibility index (Phi) is 6.39. The van der Waals surface area contributed by atoms with Crippen molar-refractivity contribution in [3.8, 4) is 5.75 Å². The Labute approximate surface area is 131 Å². The molecule has 21 heavy (non-hydrogen) atoms. The highest BCUT2D eigenvalue weighted by atomic mass is 32.2. The lowest BCUT2D eigenvalue weighted by atomic mass is 9.95. The molecule has 4 nitrogen and oxygen atoms in total. The van der Waals surface area contributed by atoms with Crippen molar-refractivity contribution in [2.75, 3.05) is 25.2 Å². The van der Waals surface area contributed by atoms with E-state index in [1.54, 1.807) is 7.11 Å². The van der Waals surface area contributed by atoms with Crippen molar-refractivity contribution in [2.24, 2.45) is 0 Å². The molecule has 2 atom stereocenters. The van der Waals surface area contributed by atoms with Gasteiger partial charge in [0.05, 0.1) is 19.3 Å². The fourth-order valence-corrected chi connectivity index (χ4v) is 3.74. The van der Waals surface area contributed by atoms with Gasteiger partial charge in [0, 0.05) is 11.3 Å². The van der Waals surface area contributed by atoms with Gasteiger partial charge in [0.25, 0.3) is 0 Å². The van der Waals surface area contributed by atoms with Gasteiger partial charge in [0.15, 0.2) is 0 Å². The van der Waals surface area contributed by atoms with Gasteiger partial charge in [-0.25, -0.2) is 0 Å². The number of carbonyl (C=O) groups excluding carboxylic acids is 1. The molecule has 0 aromatic heterocycles. The highest BCUT2D eigenvalue weighted by molar-refractivity contribution is 7.99. The Bertz CT molecular complexity index is 467. The van der Waals surface area contributed by atoms with Crippen molar-refractivity contribution >= 4 is 23.4 Å². The normalized spacial score (nSPS) is 21.8. The third-order valence-electron chi connectivity index (χ3n) is 3.91. The Morgan fingerprint density at radius 3 is 2.86 bits per heavy atom. The SMILES string of the molecule is COc1ccccc1NC(=O)CNC1CCCCC1SC. The molecular formula is C16H24N2O2S. The maximum absolute atomic E-state index is 12.1. The number of nitrogens with one attached hydrogen (secondary N) is 2. The molecule has 1 aliphatic rings. The molecule has 1 fully saturated rings. The first-order chi connectivity index (χ1) is 10.2. The Hall–Kier alpha value is -1.20. The van der Waals surface area contributed by atoms with Crippen LogP contribution in [0.15, 0.2) is 24.3 Å². The third kappa shape index (κ3) is 4.64. The van der Waals surface area contributed by atoms with Gasteiger partial charge in [0.2, 0.25) is 5.91 Å². The highest BCUT2D eigenvalue weighted by Crippen LogP contribution is 2.27. The van der Waals surface area contributed by atoms with Crippen molar-refractivity contribution < 1.29 is 9.53 Å². The summed E-state index contributed by atoms with van der Waals surface area (Å²) in [6.45, 7) is 0.347. The van der Waals surface area contributed by atoms with Gasteiger partial charge in [-0.2, -0.15) is 11.8 Å². The predicted octanol–water partition coefficient (Wildman–Crippen LogP) is 2.90. The van der Waals surface area contributed by atoms with Crippen LogP contribution in [-0.2, 0) is 4.79 Å². The number of ether oxygens (including phenoxy) is 1. The van der Waals surface area contributed by atoms with E-state index in [9.17, 15) is 4.79 Å². The number of hydrogen-bond donors (Lipinski definition) is 2. The molecule has 1 aliphatic carbocycles. The maximum Gasteiger partial charge on any atom is 0.238 e. The van der Waals surface area contributed by atoms with Crippen LogP contribution in [0.4, 0.5) is 5.69 Å². The fourth-order valence-electron chi connectivity index (χ4n) is 2.78. The molecule has 1 aromatic rings. The van der Waals surface area contributed by atoms with E-state index >= 15 is 0 Å². The van der Waals surface area contributed by atoms with Gasteiger partial charge >= 0.3 is 0 Å². The van der Waals surface area contributed by atoms with E-state index in [0.29, 0.717) is 23.6 Å². The molecule has 5 heteroatoms. The standard InChI is InChI=1S/C16H24N2O2S/c1-20-14-9-5-3-7-12(14)18-16(19)11-17-13-8-4-6-10-15(13)21-2/h3,5,7,9,13,15,17H,4,6,8,10-11H2,1-2H3,(H,18,19). The number of carbonyl (C=O) groups is 1. The van der Waals surface area contributed by atoms with Gasteiger partial charge in [-0.1, -0.05) is 25.0 Å². The molecular weight excluding hydrogens is 284 g/mol. The molecule has 2 rings (SSSR count).